The number of thioether (sulfide) groups is 1. The molecule has 1 N–H and O–H groups in total. The lowest BCUT2D eigenvalue weighted by Crippen LogP contribution is -2.14. The van der Waals surface area contributed by atoms with E-state index in [9.17, 15) is 4.79 Å². The molecule has 1 saturated heterocycles. The van der Waals surface area contributed by atoms with Gasteiger partial charge in [-0.1, -0.05) is 23.7 Å². The molecule has 1 heterocycles. The van der Waals surface area contributed by atoms with Crippen LogP contribution < -0.4 is 10.1 Å². The van der Waals surface area contributed by atoms with E-state index in [1.807, 2.05) is 24.3 Å². The highest BCUT2D eigenvalue weighted by Gasteiger charge is 2.18. The largest absolute Gasteiger partial charge is 0.495 e. The molecule has 132 valence electrons. The Morgan fingerprint density at radius 2 is 2.20 bits per heavy atom. The summed E-state index contributed by atoms with van der Waals surface area (Å²) in [6, 6.07) is 12.7. The van der Waals surface area contributed by atoms with Crippen molar-refractivity contribution in [3.8, 4) is 5.75 Å². The highest BCUT2D eigenvalue weighted by Crippen LogP contribution is 2.30. The van der Waals surface area contributed by atoms with E-state index in [4.69, 9.17) is 21.1 Å². The third-order valence-electron chi connectivity index (χ3n) is 3.99. The Morgan fingerprint density at radius 3 is 2.96 bits per heavy atom. The van der Waals surface area contributed by atoms with Crippen molar-refractivity contribution >= 4 is 35.0 Å². The van der Waals surface area contributed by atoms with Gasteiger partial charge in [-0.05, 0) is 43.2 Å². The third kappa shape index (κ3) is 4.69. The Labute approximate surface area is 156 Å². The molecule has 0 saturated carbocycles. The smallest absolute Gasteiger partial charge is 0.256 e. The van der Waals surface area contributed by atoms with E-state index in [1.165, 1.54) is 0 Å². The van der Waals surface area contributed by atoms with E-state index < -0.39 is 0 Å². The number of carbonyl (C=O) groups is 1. The molecule has 25 heavy (non-hydrogen) atoms. The van der Waals surface area contributed by atoms with Crippen LogP contribution in [0, 0.1) is 0 Å². The summed E-state index contributed by atoms with van der Waals surface area (Å²) in [4.78, 5) is 13.7. The van der Waals surface area contributed by atoms with Crippen LogP contribution in [0.2, 0.25) is 5.02 Å². The van der Waals surface area contributed by atoms with Crippen LogP contribution in [0.1, 0.15) is 23.2 Å². The maximum Gasteiger partial charge on any atom is 0.256 e. The second-order valence-electron chi connectivity index (χ2n) is 5.74. The van der Waals surface area contributed by atoms with Gasteiger partial charge in [0.15, 0.2) is 0 Å². The van der Waals surface area contributed by atoms with Crippen molar-refractivity contribution in [2.45, 2.75) is 23.8 Å². The average Bonchev–Trinajstić information content (AvgIpc) is 3.14. The summed E-state index contributed by atoms with van der Waals surface area (Å²) in [6.45, 7) is 0.835. The molecule has 4 nitrogen and oxygen atoms in total. The Balaban J connectivity index is 1.74. The van der Waals surface area contributed by atoms with Crippen molar-refractivity contribution < 1.29 is 14.3 Å². The lowest BCUT2D eigenvalue weighted by atomic mass is 10.2. The molecule has 0 unspecified atom stereocenters. The molecule has 1 aliphatic heterocycles. The van der Waals surface area contributed by atoms with Crippen molar-refractivity contribution in [3.63, 3.8) is 0 Å². The molecular formula is C19H20ClNO3S. The van der Waals surface area contributed by atoms with Gasteiger partial charge < -0.3 is 14.8 Å². The average molecular weight is 378 g/mol. The fraction of sp³-hybridized carbons (Fsp3) is 0.316. The number of methoxy groups -OCH3 is 1. The summed E-state index contributed by atoms with van der Waals surface area (Å²) in [5.74, 6) is 1.24. The standard InChI is InChI=1S/C19H20ClNO3S/c1-23-17-9-8-13(20)11-16(17)21-19(22)15-6-2-3-7-18(15)25-12-14-5-4-10-24-14/h2-3,6-9,11,14H,4-5,10,12H2,1H3,(H,21,22)/t14-/m0/s1. The molecular weight excluding hydrogens is 358 g/mol. The van der Waals surface area contributed by atoms with Crippen LogP contribution in [0.4, 0.5) is 5.69 Å². The second kappa shape index (κ2) is 8.61. The van der Waals surface area contributed by atoms with Crippen molar-refractivity contribution in [2.24, 2.45) is 0 Å². The molecule has 0 radical (unpaired) electrons. The van der Waals surface area contributed by atoms with E-state index in [2.05, 4.69) is 5.32 Å². The highest BCUT2D eigenvalue weighted by molar-refractivity contribution is 7.99. The van der Waals surface area contributed by atoms with Gasteiger partial charge in [-0.15, -0.1) is 11.8 Å². The lowest BCUT2D eigenvalue weighted by Gasteiger charge is -2.14. The van der Waals surface area contributed by atoms with E-state index in [-0.39, 0.29) is 12.0 Å². The van der Waals surface area contributed by atoms with Crippen LogP contribution in [0.5, 0.6) is 5.75 Å². The van der Waals surface area contributed by atoms with E-state index in [0.29, 0.717) is 22.0 Å². The Morgan fingerprint density at radius 1 is 1.36 bits per heavy atom. The zero-order chi connectivity index (χ0) is 17.6. The van der Waals surface area contributed by atoms with E-state index in [0.717, 1.165) is 30.1 Å². The maximum atomic E-state index is 12.8. The highest BCUT2D eigenvalue weighted by atomic mass is 35.5. The summed E-state index contributed by atoms with van der Waals surface area (Å²) in [7, 11) is 1.56. The number of hydrogen-bond acceptors (Lipinski definition) is 4. The van der Waals surface area contributed by atoms with Crippen LogP contribution in [-0.2, 0) is 4.74 Å². The second-order valence-corrected chi connectivity index (χ2v) is 7.24. The molecule has 6 heteroatoms. The Kier molecular flexibility index (Phi) is 6.24. The topological polar surface area (TPSA) is 47.6 Å². The fourth-order valence-electron chi connectivity index (χ4n) is 2.71. The van der Waals surface area contributed by atoms with Crippen molar-refractivity contribution in [3.05, 3.63) is 53.1 Å². The van der Waals surface area contributed by atoms with Gasteiger partial charge in [0.25, 0.3) is 5.91 Å². The first kappa shape index (κ1) is 18.1. The molecule has 1 aliphatic rings. The van der Waals surface area contributed by atoms with Gasteiger partial charge in [0.1, 0.15) is 5.75 Å². The normalized spacial score (nSPS) is 16.6. The summed E-state index contributed by atoms with van der Waals surface area (Å²) in [5.41, 5.74) is 1.19. The number of benzene rings is 2. The molecule has 1 atom stereocenters. The first-order valence-corrected chi connectivity index (χ1v) is 9.52. The van der Waals surface area contributed by atoms with Gasteiger partial charge >= 0.3 is 0 Å². The van der Waals surface area contributed by atoms with Crippen LogP contribution in [0.15, 0.2) is 47.4 Å². The van der Waals surface area contributed by atoms with Crippen molar-refractivity contribution in [1.29, 1.82) is 0 Å². The van der Waals surface area contributed by atoms with Gasteiger partial charge in [-0.25, -0.2) is 0 Å². The first-order chi connectivity index (χ1) is 12.2. The maximum absolute atomic E-state index is 12.8. The lowest BCUT2D eigenvalue weighted by molar-refractivity contribution is 0.102. The van der Waals surface area contributed by atoms with Gasteiger partial charge in [0, 0.05) is 22.3 Å². The number of ether oxygens (including phenoxy) is 2. The van der Waals surface area contributed by atoms with E-state index >= 15 is 0 Å². The van der Waals surface area contributed by atoms with Gasteiger partial charge in [-0.3, -0.25) is 4.79 Å². The van der Waals surface area contributed by atoms with Gasteiger partial charge in [0.2, 0.25) is 0 Å². The first-order valence-electron chi connectivity index (χ1n) is 8.15. The number of amides is 1. The molecule has 0 spiro atoms. The molecule has 0 aliphatic carbocycles. The number of halogens is 1. The number of rotatable bonds is 6. The minimum atomic E-state index is -0.184. The Hall–Kier alpha value is -1.69. The number of anilines is 1. The summed E-state index contributed by atoms with van der Waals surface area (Å²) in [5, 5.41) is 3.43. The quantitative estimate of drug-likeness (QED) is 0.729. The minimum absolute atomic E-state index is 0.184. The zero-order valence-electron chi connectivity index (χ0n) is 14.0. The molecule has 2 aromatic rings. The molecule has 3 rings (SSSR count). The SMILES string of the molecule is COc1ccc(Cl)cc1NC(=O)c1ccccc1SC[C@@H]1CCCO1. The number of carbonyl (C=O) groups excluding carboxylic acids is 1. The molecule has 0 aromatic heterocycles. The molecule has 1 fully saturated rings. The van der Waals surface area contributed by atoms with Gasteiger partial charge in [0.05, 0.1) is 24.5 Å². The van der Waals surface area contributed by atoms with Crippen molar-refractivity contribution in [1.82, 2.24) is 0 Å². The minimum Gasteiger partial charge on any atom is -0.495 e. The number of nitrogens with one attached hydrogen (secondary N) is 1. The predicted molar refractivity (Wildman–Crippen MR) is 102 cm³/mol. The molecule has 1 amide bonds. The van der Waals surface area contributed by atoms with Crippen LogP contribution in [-0.4, -0.2) is 31.5 Å². The van der Waals surface area contributed by atoms with Crippen molar-refractivity contribution in [2.75, 3.05) is 24.8 Å². The summed E-state index contributed by atoms with van der Waals surface area (Å²) < 4.78 is 10.9. The monoisotopic (exact) mass is 377 g/mol. The molecule has 2 aromatic carbocycles. The zero-order valence-corrected chi connectivity index (χ0v) is 15.5. The summed E-state index contributed by atoms with van der Waals surface area (Å²) in [6.07, 6.45) is 2.47. The van der Waals surface area contributed by atoms with Crippen LogP contribution >= 0.6 is 23.4 Å². The van der Waals surface area contributed by atoms with Crippen LogP contribution in [0.3, 0.4) is 0 Å². The molecule has 0 bridgehead atoms. The summed E-state index contributed by atoms with van der Waals surface area (Å²) >= 11 is 7.69. The Bertz CT molecular complexity index is 747. The van der Waals surface area contributed by atoms with Crippen LogP contribution in [0.25, 0.3) is 0 Å². The van der Waals surface area contributed by atoms with E-state index in [1.54, 1.807) is 37.1 Å². The van der Waals surface area contributed by atoms with Gasteiger partial charge in [-0.2, -0.15) is 0 Å². The fourth-order valence-corrected chi connectivity index (χ4v) is 4.00. The third-order valence-corrected chi connectivity index (χ3v) is 5.43. The predicted octanol–water partition coefficient (Wildman–Crippen LogP) is 4.87. The number of hydrogen-bond donors (Lipinski definition) is 1.